The van der Waals surface area contributed by atoms with Crippen molar-refractivity contribution in [1.29, 1.82) is 0 Å². The Balaban J connectivity index is 0.000000155. The number of rotatable bonds is 12. The molecule has 17 heteroatoms. The second-order valence-corrected chi connectivity index (χ2v) is 18.7. The molecule has 10 aromatic rings. The SMILES string of the molecule is CCC(C)C(=O)Nc1cncc(-c2ccc3[nH]nc(-c4nc5c(N6CCCCC6)cncc5[nH]4)c3c2)c1.CCNCc1cncc(-c2ccc3[nH]nc(-c4nc5c(N6CCCCC6)cncc5[nH]4)c3c2)c1. The summed E-state index contributed by atoms with van der Waals surface area (Å²) in [6.45, 7) is 11.9. The normalized spacial score (nSPS) is 14.6. The van der Waals surface area contributed by atoms with Gasteiger partial charge in [-0.1, -0.05) is 32.9 Å². The van der Waals surface area contributed by atoms with E-state index in [9.17, 15) is 4.79 Å². The number of benzene rings is 2. The highest BCUT2D eigenvalue weighted by Gasteiger charge is 2.22. The van der Waals surface area contributed by atoms with Crippen LogP contribution in [0.4, 0.5) is 17.1 Å². The molecule has 1 unspecified atom stereocenters. The molecular weight excluding hydrogens is 889 g/mol. The Morgan fingerprint density at radius 1 is 0.592 bits per heavy atom. The molecule has 6 N–H and O–H groups in total. The minimum absolute atomic E-state index is 0.00248. The molecule has 0 bridgehead atoms. The number of imidazole rings is 2. The first kappa shape index (κ1) is 45.4. The predicted molar refractivity (Wildman–Crippen MR) is 282 cm³/mol. The lowest BCUT2D eigenvalue weighted by molar-refractivity contribution is -0.119. The van der Waals surface area contributed by atoms with E-state index in [2.05, 4.69) is 108 Å². The molecule has 2 aliphatic heterocycles. The molecule has 2 saturated heterocycles. The van der Waals surface area contributed by atoms with E-state index in [1.54, 1.807) is 12.4 Å². The number of nitrogens with one attached hydrogen (secondary N) is 6. The zero-order valence-corrected chi connectivity index (χ0v) is 40.4. The third-order valence-corrected chi connectivity index (χ3v) is 13.8. The van der Waals surface area contributed by atoms with Gasteiger partial charge in [-0.25, -0.2) is 9.97 Å². The summed E-state index contributed by atoms with van der Waals surface area (Å²) < 4.78 is 0. The number of fused-ring (bicyclic) bond motifs is 4. The van der Waals surface area contributed by atoms with Gasteiger partial charge in [-0.15, -0.1) is 0 Å². The van der Waals surface area contributed by atoms with E-state index in [4.69, 9.17) is 9.97 Å². The van der Waals surface area contributed by atoms with E-state index >= 15 is 0 Å². The molecular formula is C54H58N16O. The van der Waals surface area contributed by atoms with Gasteiger partial charge in [0.15, 0.2) is 11.6 Å². The number of anilines is 3. The zero-order chi connectivity index (χ0) is 48.3. The molecule has 0 spiro atoms. The molecule has 10 heterocycles. The molecule has 17 nitrogen and oxygen atoms in total. The van der Waals surface area contributed by atoms with Crippen molar-refractivity contribution < 1.29 is 4.79 Å². The fourth-order valence-electron chi connectivity index (χ4n) is 9.67. The highest BCUT2D eigenvalue weighted by molar-refractivity contribution is 5.99. The van der Waals surface area contributed by atoms with Crippen LogP contribution >= 0.6 is 0 Å². The number of carbonyl (C=O) groups is 1. The van der Waals surface area contributed by atoms with Crippen molar-refractivity contribution in [1.82, 2.24) is 65.6 Å². The smallest absolute Gasteiger partial charge is 0.227 e. The predicted octanol–water partition coefficient (Wildman–Crippen LogP) is 10.2. The van der Waals surface area contributed by atoms with Crippen LogP contribution in [-0.2, 0) is 11.3 Å². The first-order chi connectivity index (χ1) is 34.9. The average molecular weight is 947 g/mol. The van der Waals surface area contributed by atoms with Gasteiger partial charge < -0.3 is 30.4 Å². The van der Waals surface area contributed by atoms with E-state index in [0.29, 0.717) is 11.5 Å². The van der Waals surface area contributed by atoms with E-state index in [-0.39, 0.29) is 11.8 Å². The van der Waals surface area contributed by atoms with Crippen molar-refractivity contribution in [2.45, 2.75) is 72.3 Å². The molecule has 2 aliphatic rings. The number of H-pyrrole nitrogens is 4. The Morgan fingerprint density at radius 2 is 1.11 bits per heavy atom. The first-order valence-electron chi connectivity index (χ1n) is 25.0. The summed E-state index contributed by atoms with van der Waals surface area (Å²) in [5.41, 5.74) is 15.3. The van der Waals surface area contributed by atoms with Gasteiger partial charge in [0.05, 0.1) is 70.1 Å². The third kappa shape index (κ3) is 9.39. The standard InChI is InChI=1S/C28H30N8O.C26H28N8/c1-3-17(2)28(37)31-20-11-19(13-29-14-20)18-7-8-22-21(12-18)25(35-34-22)27-32-23-15-30-16-24(26(23)33-27)36-9-5-4-6-10-36;1-2-27-12-17-10-19(14-28-13-17)18-6-7-21-20(11-18)24(33-32-21)26-30-22-15-29-16-23(25(22)31-26)34-8-4-3-5-9-34/h7-8,11-17H,3-6,9-10H2,1-2H3,(H,31,37)(H,32,33)(H,34,35);6-7,10-11,13-16,27H,2-5,8-9,12H2,1H3,(H,30,31)(H,32,33). The van der Waals surface area contributed by atoms with Crippen LogP contribution in [0.1, 0.15) is 71.3 Å². The Hall–Kier alpha value is -8.05. The summed E-state index contributed by atoms with van der Waals surface area (Å²) in [5, 5.41) is 23.8. The van der Waals surface area contributed by atoms with Crippen molar-refractivity contribution >= 4 is 66.8 Å². The minimum atomic E-state index is -0.0528. The number of hydrogen-bond acceptors (Lipinski definition) is 12. The van der Waals surface area contributed by atoms with Crippen LogP contribution in [0.5, 0.6) is 0 Å². The van der Waals surface area contributed by atoms with Crippen LogP contribution in [0.2, 0.25) is 0 Å². The number of piperidine rings is 2. The number of aromatic nitrogens is 12. The van der Waals surface area contributed by atoms with Crippen LogP contribution in [0.15, 0.2) is 98.1 Å². The lowest BCUT2D eigenvalue weighted by Crippen LogP contribution is -2.29. The van der Waals surface area contributed by atoms with Gasteiger partial charge in [0.1, 0.15) is 22.4 Å². The molecule has 0 saturated carbocycles. The van der Waals surface area contributed by atoms with Crippen LogP contribution in [0.25, 0.3) is 89.2 Å². The molecule has 0 radical (unpaired) electrons. The lowest BCUT2D eigenvalue weighted by atomic mass is 10.0. The summed E-state index contributed by atoms with van der Waals surface area (Å²) in [7, 11) is 0. The molecule has 360 valence electrons. The summed E-state index contributed by atoms with van der Waals surface area (Å²) in [4.78, 5) is 51.8. The average Bonchev–Trinajstić information content (AvgIpc) is 4.25. The Bertz CT molecular complexity index is 3480. The van der Waals surface area contributed by atoms with Gasteiger partial charge in [-0.3, -0.25) is 34.9 Å². The Labute approximate surface area is 410 Å². The van der Waals surface area contributed by atoms with Crippen LogP contribution in [0, 0.1) is 5.92 Å². The van der Waals surface area contributed by atoms with Gasteiger partial charge in [-0.05, 0) is 105 Å². The molecule has 1 amide bonds. The van der Waals surface area contributed by atoms with Crippen molar-refractivity contribution in [3.05, 3.63) is 104 Å². The van der Waals surface area contributed by atoms with Crippen LogP contribution in [-0.4, -0.2) is 98.9 Å². The van der Waals surface area contributed by atoms with E-state index < -0.39 is 0 Å². The number of nitrogens with zero attached hydrogens (tertiary/aromatic N) is 10. The van der Waals surface area contributed by atoms with Gasteiger partial charge in [0.2, 0.25) is 5.91 Å². The minimum Gasteiger partial charge on any atom is -0.368 e. The third-order valence-electron chi connectivity index (χ3n) is 13.8. The number of amides is 1. The second kappa shape index (κ2) is 20.1. The van der Waals surface area contributed by atoms with Gasteiger partial charge >= 0.3 is 0 Å². The van der Waals surface area contributed by atoms with Crippen LogP contribution < -0.4 is 20.4 Å². The highest BCUT2D eigenvalue weighted by Crippen LogP contribution is 2.35. The summed E-state index contributed by atoms with van der Waals surface area (Å²) in [5.74, 6) is 1.40. The maximum atomic E-state index is 12.4. The molecule has 0 aliphatic carbocycles. The van der Waals surface area contributed by atoms with Crippen molar-refractivity contribution in [2.24, 2.45) is 5.92 Å². The fourth-order valence-corrected chi connectivity index (χ4v) is 9.67. The molecule has 2 aromatic carbocycles. The van der Waals surface area contributed by atoms with E-state index in [1.807, 2.05) is 69.2 Å². The monoisotopic (exact) mass is 946 g/mol. The Morgan fingerprint density at radius 3 is 1.65 bits per heavy atom. The molecule has 2 fully saturated rings. The summed E-state index contributed by atoms with van der Waals surface area (Å²) in [6, 6.07) is 16.6. The number of pyridine rings is 4. The maximum Gasteiger partial charge on any atom is 0.227 e. The van der Waals surface area contributed by atoms with Crippen molar-refractivity contribution in [3.8, 4) is 45.3 Å². The topological polar surface area (TPSA) is 214 Å². The lowest BCUT2D eigenvalue weighted by Gasteiger charge is -2.28. The molecule has 1 atom stereocenters. The summed E-state index contributed by atoms with van der Waals surface area (Å²) in [6.07, 6.45) is 23.0. The van der Waals surface area contributed by atoms with Gasteiger partial charge in [-0.2, -0.15) is 10.2 Å². The van der Waals surface area contributed by atoms with E-state index in [1.165, 1.54) is 44.1 Å². The Kier molecular flexibility index (Phi) is 12.9. The highest BCUT2D eigenvalue weighted by atomic mass is 16.1. The second-order valence-electron chi connectivity index (χ2n) is 18.7. The van der Waals surface area contributed by atoms with Crippen molar-refractivity contribution in [2.75, 3.05) is 47.8 Å². The van der Waals surface area contributed by atoms with Crippen molar-refractivity contribution in [3.63, 3.8) is 0 Å². The van der Waals surface area contributed by atoms with Crippen LogP contribution in [0.3, 0.4) is 0 Å². The zero-order valence-electron chi connectivity index (χ0n) is 40.4. The van der Waals surface area contributed by atoms with Gasteiger partial charge in [0, 0.05) is 79.1 Å². The van der Waals surface area contributed by atoms with E-state index in [0.717, 1.165) is 140 Å². The molecule has 8 aromatic heterocycles. The van der Waals surface area contributed by atoms with Gasteiger partial charge in [0.25, 0.3) is 0 Å². The molecule has 71 heavy (non-hydrogen) atoms. The molecule has 12 rings (SSSR count). The largest absolute Gasteiger partial charge is 0.368 e. The number of carbonyl (C=O) groups excluding carboxylic acids is 1. The number of aromatic amines is 4. The quantitative estimate of drug-likeness (QED) is 0.0675. The number of hydrogen-bond donors (Lipinski definition) is 6. The fraction of sp³-hybridized carbons (Fsp3) is 0.315. The maximum absolute atomic E-state index is 12.4. The summed E-state index contributed by atoms with van der Waals surface area (Å²) >= 11 is 0. The first-order valence-corrected chi connectivity index (χ1v) is 25.0.